The molecule has 19 heavy (non-hydrogen) atoms. The topological polar surface area (TPSA) is 74.6 Å². The van der Waals surface area contributed by atoms with Gasteiger partial charge in [0.15, 0.2) is 0 Å². The molecule has 0 aliphatic carbocycles. The van der Waals surface area contributed by atoms with Crippen LogP contribution in [0.4, 0.5) is 0 Å². The monoisotopic (exact) mass is 294 g/mol. The summed E-state index contributed by atoms with van der Waals surface area (Å²) in [7, 11) is -4.14. The Morgan fingerprint density at radius 1 is 0.842 bits per heavy atom. The zero-order chi connectivity index (χ0) is 14.7. The molecule has 2 atom stereocenters. The van der Waals surface area contributed by atoms with Crippen LogP contribution in [0.25, 0.3) is 0 Å². The average Bonchev–Trinajstić information content (AvgIpc) is 2.33. The molecule has 0 aliphatic rings. The van der Waals surface area contributed by atoms with E-state index in [0.29, 0.717) is 12.8 Å². The van der Waals surface area contributed by atoms with Gasteiger partial charge in [0.2, 0.25) is 0 Å². The summed E-state index contributed by atoms with van der Waals surface area (Å²) in [6, 6.07) is 0. The largest absolute Gasteiger partial charge is 0.392 e. The Bertz CT molecular complexity index is 301. The number of rotatable bonds is 12. The first-order valence-corrected chi connectivity index (χ1v) is 9.08. The zero-order valence-electron chi connectivity index (χ0n) is 12.3. The molecule has 0 bridgehead atoms. The van der Waals surface area contributed by atoms with E-state index in [9.17, 15) is 18.1 Å². The molecule has 0 saturated carbocycles. The lowest BCUT2D eigenvalue weighted by molar-refractivity contribution is 0.146. The number of unbranched alkanes of at least 4 members (excludes halogenated alkanes) is 6. The van der Waals surface area contributed by atoms with Crippen LogP contribution >= 0.6 is 0 Å². The Morgan fingerprint density at radius 3 is 1.74 bits per heavy atom. The third-order valence-electron chi connectivity index (χ3n) is 3.51. The first kappa shape index (κ1) is 18.9. The van der Waals surface area contributed by atoms with Gasteiger partial charge in [0, 0.05) is 0 Å². The molecule has 0 rings (SSSR count). The number of aliphatic hydroxyl groups is 1. The predicted octanol–water partition coefficient (Wildman–Crippen LogP) is 3.54. The summed E-state index contributed by atoms with van der Waals surface area (Å²) < 4.78 is 31.9. The van der Waals surface area contributed by atoms with Gasteiger partial charge in [0.05, 0.1) is 6.10 Å². The highest BCUT2D eigenvalue weighted by Crippen LogP contribution is 2.19. The molecule has 0 fully saturated rings. The second-order valence-electron chi connectivity index (χ2n) is 5.32. The molecule has 116 valence electrons. The van der Waals surface area contributed by atoms with Crippen LogP contribution in [-0.4, -0.2) is 29.4 Å². The molecular formula is C14H30O4S. The molecular weight excluding hydrogens is 264 g/mol. The summed E-state index contributed by atoms with van der Waals surface area (Å²) in [4.78, 5) is 0. The van der Waals surface area contributed by atoms with Crippen LogP contribution in [0.3, 0.4) is 0 Å². The van der Waals surface area contributed by atoms with Crippen LogP contribution in [0.1, 0.15) is 78.1 Å². The molecule has 0 aromatic heterocycles. The number of aliphatic hydroxyl groups excluding tert-OH is 1. The molecule has 4 nitrogen and oxygen atoms in total. The van der Waals surface area contributed by atoms with Crippen LogP contribution in [0.2, 0.25) is 0 Å². The normalized spacial score (nSPS) is 15.4. The Labute approximate surface area is 118 Å². The van der Waals surface area contributed by atoms with Gasteiger partial charge in [0.1, 0.15) is 5.25 Å². The van der Waals surface area contributed by atoms with Gasteiger partial charge in [-0.15, -0.1) is 0 Å². The maximum absolute atomic E-state index is 11.3. The molecule has 0 aromatic carbocycles. The number of hydrogen-bond acceptors (Lipinski definition) is 3. The van der Waals surface area contributed by atoms with Crippen LogP contribution in [0.5, 0.6) is 0 Å². The highest BCUT2D eigenvalue weighted by Gasteiger charge is 2.29. The first-order valence-electron chi connectivity index (χ1n) is 7.57. The standard InChI is InChI=1S/C14H30O4S/c1-3-5-7-9-11-13(15)14(19(16,17)18)12-10-8-6-4-2/h13-15H,3-12H2,1-2H3,(H,16,17,18). The van der Waals surface area contributed by atoms with Gasteiger partial charge in [0.25, 0.3) is 10.1 Å². The summed E-state index contributed by atoms with van der Waals surface area (Å²) in [5.74, 6) is 0. The van der Waals surface area contributed by atoms with Crippen molar-refractivity contribution in [2.24, 2.45) is 0 Å². The van der Waals surface area contributed by atoms with Crippen molar-refractivity contribution in [3.63, 3.8) is 0 Å². The molecule has 0 saturated heterocycles. The summed E-state index contributed by atoms with van der Waals surface area (Å²) >= 11 is 0. The highest BCUT2D eigenvalue weighted by atomic mass is 32.2. The zero-order valence-corrected chi connectivity index (χ0v) is 13.2. The summed E-state index contributed by atoms with van der Waals surface area (Å²) in [5.41, 5.74) is 0. The van der Waals surface area contributed by atoms with E-state index in [1.165, 1.54) is 0 Å². The highest BCUT2D eigenvalue weighted by molar-refractivity contribution is 7.86. The average molecular weight is 294 g/mol. The van der Waals surface area contributed by atoms with Crippen molar-refractivity contribution in [3.8, 4) is 0 Å². The van der Waals surface area contributed by atoms with Crippen molar-refractivity contribution >= 4 is 10.1 Å². The third kappa shape index (κ3) is 9.41. The minimum absolute atomic E-state index is 0.355. The summed E-state index contributed by atoms with van der Waals surface area (Å²) in [6.45, 7) is 4.19. The van der Waals surface area contributed by atoms with Crippen molar-refractivity contribution < 1.29 is 18.1 Å². The smallest absolute Gasteiger partial charge is 0.270 e. The molecule has 0 radical (unpaired) electrons. The second kappa shape index (κ2) is 10.6. The molecule has 2 N–H and O–H groups in total. The SMILES string of the molecule is CCCCCCC(O)C(CCCCCC)S(=O)(=O)O. The van der Waals surface area contributed by atoms with Gasteiger partial charge in [-0.05, 0) is 12.8 Å². The van der Waals surface area contributed by atoms with E-state index in [2.05, 4.69) is 13.8 Å². The third-order valence-corrected chi connectivity index (χ3v) is 4.82. The predicted molar refractivity (Wildman–Crippen MR) is 78.9 cm³/mol. The molecule has 5 heteroatoms. The van der Waals surface area contributed by atoms with E-state index in [1.807, 2.05) is 0 Å². The minimum Gasteiger partial charge on any atom is -0.392 e. The minimum atomic E-state index is -4.14. The van der Waals surface area contributed by atoms with Crippen molar-refractivity contribution in [3.05, 3.63) is 0 Å². The van der Waals surface area contributed by atoms with Crippen LogP contribution < -0.4 is 0 Å². The van der Waals surface area contributed by atoms with Gasteiger partial charge >= 0.3 is 0 Å². The van der Waals surface area contributed by atoms with Crippen molar-refractivity contribution in [1.29, 1.82) is 0 Å². The van der Waals surface area contributed by atoms with Crippen LogP contribution in [-0.2, 0) is 10.1 Å². The Morgan fingerprint density at radius 2 is 1.32 bits per heavy atom. The molecule has 0 aromatic rings. The Hall–Kier alpha value is -0.130. The first-order chi connectivity index (χ1) is 8.93. The van der Waals surface area contributed by atoms with E-state index in [-0.39, 0.29) is 0 Å². The Balaban J connectivity index is 4.18. The van der Waals surface area contributed by atoms with Crippen molar-refractivity contribution in [2.75, 3.05) is 0 Å². The van der Waals surface area contributed by atoms with E-state index < -0.39 is 21.5 Å². The van der Waals surface area contributed by atoms with E-state index in [0.717, 1.165) is 51.4 Å². The maximum Gasteiger partial charge on any atom is 0.270 e. The van der Waals surface area contributed by atoms with Crippen molar-refractivity contribution in [2.45, 2.75) is 89.4 Å². The maximum atomic E-state index is 11.3. The number of hydrogen-bond donors (Lipinski definition) is 2. The van der Waals surface area contributed by atoms with Gasteiger partial charge < -0.3 is 5.11 Å². The van der Waals surface area contributed by atoms with Gasteiger partial charge in [-0.25, -0.2) is 0 Å². The van der Waals surface area contributed by atoms with Gasteiger partial charge in [-0.1, -0.05) is 65.2 Å². The molecule has 2 unspecified atom stereocenters. The lowest BCUT2D eigenvalue weighted by Crippen LogP contribution is -2.33. The lowest BCUT2D eigenvalue weighted by atomic mass is 10.0. The molecule has 0 spiro atoms. The second-order valence-corrected chi connectivity index (χ2v) is 6.95. The van der Waals surface area contributed by atoms with Crippen LogP contribution in [0.15, 0.2) is 0 Å². The Kier molecular flexibility index (Phi) is 10.6. The fourth-order valence-electron chi connectivity index (χ4n) is 2.28. The van der Waals surface area contributed by atoms with Crippen LogP contribution in [0, 0.1) is 0 Å². The summed E-state index contributed by atoms with van der Waals surface area (Å²) in [5, 5.41) is 8.95. The van der Waals surface area contributed by atoms with Gasteiger partial charge in [-0.2, -0.15) is 8.42 Å². The van der Waals surface area contributed by atoms with E-state index in [4.69, 9.17) is 0 Å². The quantitative estimate of drug-likeness (QED) is 0.426. The molecule has 0 aliphatic heterocycles. The summed E-state index contributed by atoms with van der Waals surface area (Å²) in [6.07, 6.45) is 7.72. The van der Waals surface area contributed by atoms with Gasteiger partial charge in [-0.3, -0.25) is 4.55 Å². The fourth-order valence-corrected chi connectivity index (χ4v) is 3.28. The fraction of sp³-hybridized carbons (Fsp3) is 1.00. The van der Waals surface area contributed by atoms with E-state index >= 15 is 0 Å². The van der Waals surface area contributed by atoms with Crippen molar-refractivity contribution in [1.82, 2.24) is 0 Å². The van der Waals surface area contributed by atoms with E-state index in [1.54, 1.807) is 0 Å². The molecule has 0 heterocycles. The molecule has 0 amide bonds. The lowest BCUT2D eigenvalue weighted by Gasteiger charge is -2.20.